The molecule has 12 heavy (non-hydrogen) atoms. The zero-order chi connectivity index (χ0) is 8.39. The Balaban J connectivity index is 2.17. The molecular weight excluding hydrogens is 168 g/mol. The zero-order valence-corrected chi connectivity index (χ0v) is 7.77. The van der Waals surface area contributed by atoms with Gasteiger partial charge in [0.15, 0.2) is 0 Å². The molecule has 0 radical (unpaired) electrons. The van der Waals surface area contributed by atoms with E-state index in [1.807, 2.05) is 6.07 Å². The lowest BCUT2D eigenvalue weighted by molar-refractivity contribution is -0.121. The number of carbonyl (C=O) groups excluding carboxylic acids is 1. The van der Waals surface area contributed by atoms with Crippen LogP contribution >= 0.6 is 11.3 Å². The van der Waals surface area contributed by atoms with E-state index >= 15 is 0 Å². The van der Waals surface area contributed by atoms with Gasteiger partial charge >= 0.3 is 0 Å². The van der Waals surface area contributed by atoms with E-state index in [-0.39, 0.29) is 5.92 Å². The van der Waals surface area contributed by atoms with Gasteiger partial charge in [-0.1, -0.05) is 12.5 Å². The zero-order valence-electron chi connectivity index (χ0n) is 6.95. The summed E-state index contributed by atoms with van der Waals surface area (Å²) in [5.41, 5.74) is 0. The van der Waals surface area contributed by atoms with E-state index in [0.717, 1.165) is 19.3 Å². The van der Waals surface area contributed by atoms with Gasteiger partial charge in [-0.25, -0.2) is 0 Å². The summed E-state index contributed by atoms with van der Waals surface area (Å²) in [5, 5.41) is 2.05. The third-order valence-electron chi connectivity index (χ3n) is 2.44. The fourth-order valence-electron chi connectivity index (χ4n) is 1.77. The quantitative estimate of drug-likeness (QED) is 0.649. The van der Waals surface area contributed by atoms with Gasteiger partial charge in [0.2, 0.25) is 0 Å². The van der Waals surface area contributed by atoms with Crippen molar-refractivity contribution in [2.75, 3.05) is 0 Å². The molecule has 0 bridgehead atoms. The summed E-state index contributed by atoms with van der Waals surface area (Å²) in [4.78, 5) is 12.8. The van der Waals surface area contributed by atoms with Crippen LogP contribution in [0.1, 0.15) is 36.5 Å². The smallest absolute Gasteiger partial charge is 0.141 e. The standard InChI is InChI=1S/C10H12OS/c11-9-5-2-1-4-8(9)10-6-3-7-12-10/h3,6-8H,1-2,4-5H2. The molecule has 1 aliphatic rings. The Labute approximate surface area is 76.4 Å². The van der Waals surface area contributed by atoms with Crippen LogP contribution < -0.4 is 0 Å². The third-order valence-corrected chi connectivity index (χ3v) is 3.43. The van der Waals surface area contributed by atoms with Crippen molar-refractivity contribution >= 4 is 17.1 Å². The highest BCUT2D eigenvalue weighted by molar-refractivity contribution is 7.10. The normalized spacial score (nSPS) is 24.3. The van der Waals surface area contributed by atoms with Crippen LogP contribution in [-0.4, -0.2) is 5.78 Å². The topological polar surface area (TPSA) is 17.1 Å². The van der Waals surface area contributed by atoms with Gasteiger partial charge in [0, 0.05) is 11.3 Å². The van der Waals surface area contributed by atoms with Gasteiger partial charge in [-0.2, -0.15) is 0 Å². The summed E-state index contributed by atoms with van der Waals surface area (Å²) >= 11 is 1.71. The Morgan fingerprint density at radius 2 is 2.33 bits per heavy atom. The first-order chi connectivity index (χ1) is 5.88. The van der Waals surface area contributed by atoms with E-state index in [1.54, 1.807) is 11.3 Å². The molecule has 0 aromatic carbocycles. The lowest BCUT2D eigenvalue weighted by Gasteiger charge is -2.18. The molecule has 2 rings (SSSR count). The minimum absolute atomic E-state index is 0.235. The van der Waals surface area contributed by atoms with Gasteiger partial charge in [0.05, 0.1) is 5.92 Å². The van der Waals surface area contributed by atoms with Crippen LogP contribution in [0.15, 0.2) is 17.5 Å². The lowest BCUT2D eigenvalue weighted by atomic mass is 9.87. The molecule has 0 N–H and O–H groups in total. The van der Waals surface area contributed by atoms with Gasteiger partial charge in [0.1, 0.15) is 5.78 Å². The molecule has 0 saturated heterocycles. The van der Waals surface area contributed by atoms with E-state index in [9.17, 15) is 4.79 Å². The molecule has 1 heterocycles. The summed E-state index contributed by atoms with van der Waals surface area (Å²) in [6.45, 7) is 0. The monoisotopic (exact) mass is 180 g/mol. The number of hydrogen-bond acceptors (Lipinski definition) is 2. The van der Waals surface area contributed by atoms with Crippen molar-refractivity contribution in [1.82, 2.24) is 0 Å². The molecular formula is C10H12OS. The minimum atomic E-state index is 0.235. The van der Waals surface area contributed by atoms with Crippen LogP contribution in [0.3, 0.4) is 0 Å². The highest BCUT2D eigenvalue weighted by atomic mass is 32.1. The number of rotatable bonds is 1. The Hall–Kier alpha value is -0.630. The Morgan fingerprint density at radius 1 is 1.42 bits per heavy atom. The molecule has 0 aliphatic heterocycles. The molecule has 64 valence electrons. The van der Waals surface area contributed by atoms with Crippen molar-refractivity contribution in [1.29, 1.82) is 0 Å². The molecule has 1 atom stereocenters. The molecule has 1 fully saturated rings. The van der Waals surface area contributed by atoms with Crippen molar-refractivity contribution in [2.24, 2.45) is 0 Å². The fraction of sp³-hybridized carbons (Fsp3) is 0.500. The summed E-state index contributed by atoms with van der Waals surface area (Å²) in [6, 6.07) is 4.11. The fourth-order valence-corrected chi connectivity index (χ4v) is 2.66. The van der Waals surface area contributed by atoms with E-state index in [0.29, 0.717) is 5.78 Å². The Kier molecular flexibility index (Phi) is 2.26. The van der Waals surface area contributed by atoms with Crippen LogP contribution in [0.4, 0.5) is 0 Å². The third kappa shape index (κ3) is 1.44. The van der Waals surface area contributed by atoms with Crippen LogP contribution in [0.2, 0.25) is 0 Å². The predicted octanol–water partition coefficient (Wildman–Crippen LogP) is 2.97. The predicted molar refractivity (Wildman–Crippen MR) is 50.5 cm³/mol. The highest BCUT2D eigenvalue weighted by Crippen LogP contribution is 2.32. The summed E-state index contributed by atoms with van der Waals surface area (Å²) in [7, 11) is 0. The van der Waals surface area contributed by atoms with Crippen molar-refractivity contribution in [2.45, 2.75) is 31.6 Å². The van der Waals surface area contributed by atoms with Gasteiger partial charge in [0.25, 0.3) is 0 Å². The van der Waals surface area contributed by atoms with Crippen LogP contribution in [0.5, 0.6) is 0 Å². The first-order valence-electron chi connectivity index (χ1n) is 4.44. The van der Waals surface area contributed by atoms with E-state index in [2.05, 4.69) is 11.4 Å². The first-order valence-corrected chi connectivity index (χ1v) is 5.32. The largest absolute Gasteiger partial charge is 0.299 e. The number of carbonyl (C=O) groups is 1. The summed E-state index contributed by atoms with van der Waals surface area (Å²) < 4.78 is 0. The molecule has 1 unspecified atom stereocenters. The summed E-state index contributed by atoms with van der Waals surface area (Å²) in [6.07, 6.45) is 4.18. The molecule has 1 saturated carbocycles. The Morgan fingerprint density at radius 3 is 3.00 bits per heavy atom. The van der Waals surface area contributed by atoms with Crippen LogP contribution in [-0.2, 0) is 4.79 Å². The molecule has 2 heteroatoms. The number of hydrogen-bond donors (Lipinski definition) is 0. The molecule has 1 aromatic heterocycles. The van der Waals surface area contributed by atoms with Crippen molar-refractivity contribution in [3.05, 3.63) is 22.4 Å². The lowest BCUT2D eigenvalue weighted by Crippen LogP contribution is -2.15. The van der Waals surface area contributed by atoms with Gasteiger partial charge in [-0.15, -0.1) is 11.3 Å². The molecule has 1 aliphatic carbocycles. The van der Waals surface area contributed by atoms with E-state index in [4.69, 9.17) is 0 Å². The molecule has 0 spiro atoms. The van der Waals surface area contributed by atoms with E-state index < -0.39 is 0 Å². The molecule has 1 aromatic rings. The molecule has 0 amide bonds. The number of thiophene rings is 1. The van der Waals surface area contributed by atoms with Crippen LogP contribution in [0, 0.1) is 0 Å². The van der Waals surface area contributed by atoms with Gasteiger partial charge < -0.3 is 0 Å². The maximum Gasteiger partial charge on any atom is 0.141 e. The molecule has 1 nitrogen and oxygen atoms in total. The number of ketones is 1. The second-order valence-electron chi connectivity index (χ2n) is 3.28. The maximum absolute atomic E-state index is 11.5. The first kappa shape index (κ1) is 7.99. The van der Waals surface area contributed by atoms with Crippen molar-refractivity contribution in [3.63, 3.8) is 0 Å². The maximum atomic E-state index is 11.5. The highest BCUT2D eigenvalue weighted by Gasteiger charge is 2.23. The van der Waals surface area contributed by atoms with Gasteiger partial charge in [-0.05, 0) is 24.3 Å². The average Bonchev–Trinajstić information content (AvgIpc) is 2.57. The minimum Gasteiger partial charge on any atom is -0.299 e. The van der Waals surface area contributed by atoms with E-state index in [1.165, 1.54) is 11.3 Å². The second-order valence-corrected chi connectivity index (χ2v) is 4.26. The SMILES string of the molecule is O=C1CCCCC1c1cccs1. The van der Waals surface area contributed by atoms with Crippen molar-refractivity contribution < 1.29 is 4.79 Å². The van der Waals surface area contributed by atoms with Crippen LogP contribution in [0.25, 0.3) is 0 Å². The Bertz CT molecular complexity index is 263. The number of Topliss-reactive ketones (excluding diaryl/α,β-unsaturated/α-hetero) is 1. The average molecular weight is 180 g/mol. The van der Waals surface area contributed by atoms with Gasteiger partial charge in [-0.3, -0.25) is 4.79 Å². The van der Waals surface area contributed by atoms with Crippen molar-refractivity contribution in [3.8, 4) is 0 Å². The summed E-state index contributed by atoms with van der Waals surface area (Å²) in [5.74, 6) is 0.683. The second kappa shape index (κ2) is 3.40.